The lowest BCUT2D eigenvalue weighted by atomic mass is 9.45. The van der Waals surface area contributed by atoms with Crippen LogP contribution in [0.25, 0.3) is 0 Å². The van der Waals surface area contributed by atoms with Crippen molar-refractivity contribution in [2.75, 3.05) is 0 Å². The van der Waals surface area contributed by atoms with Crippen LogP contribution >= 0.6 is 0 Å². The van der Waals surface area contributed by atoms with Crippen LogP contribution in [0.1, 0.15) is 38.5 Å². The van der Waals surface area contributed by atoms with Gasteiger partial charge in [0.15, 0.2) is 0 Å². The molecule has 4 aliphatic carbocycles. The van der Waals surface area contributed by atoms with Gasteiger partial charge in [-0.15, -0.1) is 0 Å². The standard InChI is InChI=1S/C12H18N2O3/c13-9(10(15)16)11-2-7-1-8(3-11)5-12(4-7,6-11)14-17/h7-9H,1-6,13H2,(H,15,16)/t7?,8?,9-,11?,12?/m1/s1. The van der Waals surface area contributed by atoms with Crippen molar-refractivity contribution >= 4 is 5.97 Å². The van der Waals surface area contributed by atoms with Gasteiger partial charge < -0.3 is 10.8 Å². The Hall–Kier alpha value is -0.970. The predicted octanol–water partition coefficient (Wildman–Crippen LogP) is 1.50. The molecule has 2 unspecified atom stereocenters. The summed E-state index contributed by atoms with van der Waals surface area (Å²) < 4.78 is 0. The fraction of sp³-hybridized carbons (Fsp3) is 0.917. The zero-order chi connectivity index (χ0) is 12.3. The van der Waals surface area contributed by atoms with Gasteiger partial charge in [-0.2, -0.15) is 4.91 Å². The normalized spacial score (nSPS) is 49.0. The van der Waals surface area contributed by atoms with Crippen molar-refractivity contribution in [2.24, 2.45) is 28.2 Å². The van der Waals surface area contributed by atoms with Crippen molar-refractivity contribution in [3.63, 3.8) is 0 Å². The van der Waals surface area contributed by atoms with Crippen LogP contribution < -0.4 is 5.73 Å². The monoisotopic (exact) mass is 238 g/mol. The second kappa shape index (κ2) is 3.28. The number of carboxylic acid groups (broad SMARTS) is 1. The minimum Gasteiger partial charge on any atom is -0.480 e. The number of carbonyl (C=O) groups is 1. The highest BCUT2D eigenvalue weighted by Gasteiger charge is 2.61. The van der Waals surface area contributed by atoms with Gasteiger partial charge in [-0.05, 0) is 55.8 Å². The summed E-state index contributed by atoms with van der Waals surface area (Å²) in [5, 5.41) is 12.5. The first kappa shape index (κ1) is 11.1. The average molecular weight is 238 g/mol. The molecule has 3 atom stereocenters. The quantitative estimate of drug-likeness (QED) is 0.729. The zero-order valence-electron chi connectivity index (χ0n) is 9.76. The van der Waals surface area contributed by atoms with E-state index in [0.717, 1.165) is 32.1 Å². The summed E-state index contributed by atoms with van der Waals surface area (Å²) in [6.45, 7) is 0. The Morgan fingerprint density at radius 2 is 1.88 bits per heavy atom. The van der Waals surface area contributed by atoms with E-state index in [-0.39, 0.29) is 5.41 Å². The fourth-order valence-electron chi connectivity index (χ4n) is 5.02. The predicted molar refractivity (Wildman–Crippen MR) is 61.3 cm³/mol. The minimum absolute atomic E-state index is 0.371. The van der Waals surface area contributed by atoms with E-state index in [0.29, 0.717) is 18.3 Å². The molecule has 4 saturated carbocycles. The van der Waals surface area contributed by atoms with Crippen LogP contribution in [0.5, 0.6) is 0 Å². The zero-order valence-corrected chi connectivity index (χ0v) is 9.76. The van der Waals surface area contributed by atoms with Gasteiger partial charge in [0.25, 0.3) is 0 Å². The van der Waals surface area contributed by atoms with Crippen LogP contribution in [0.3, 0.4) is 0 Å². The molecule has 17 heavy (non-hydrogen) atoms. The topological polar surface area (TPSA) is 92.8 Å². The van der Waals surface area contributed by atoms with Gasteiger partial charge in [-0.1, -0.05) is 5.18 Å². The molecule has 0 heterocycles. The van der Waals surface area contributed by atoms with Crippen LogP contribution in [0.2, 0.25) is 0 Å². The first-order valence-electron chi connectivity index (χ1n) is 6.32. The minimum atomic E-state index is -0.937. The molecule has 0 spiro atoms. The molecule has 94 valence electrons. The number of nitrogens with two attached hydrogens (primary N) is 1. The van der Waals surface area contributed by atoms with Gasteiger partial charge in [-0.25, -0.2) is 0 Å². The van der Waals surface area contributed by atoms with E-state index < -0.39 is 17.6 Å². The molecule has 4 aliphatic rings. The summed E-state index contributed by atoms with van der Waals surface area (Å²) in [6.07, 6.45) is 5.15. The van der Waals surface area contributed by atoms with Crippen molar-refractivity contribution in [1.82, 2.24) is 0 Å². The largest absolute Gasteiger partial charge is 0.480 e. The highest BCUT2D eigenvalue weighted by atomic mass is 16.4. The number of nitrogens with zero attached hydrogens (tertiary/aromatic N) is 1. The van der Waals surface area contributed by atoms with Gasteiger partial charge in [0.2, 0.25) is 0 Å². The van der Waals surface area contributed by atoms with Crippen LogP contribution in [-0.4, -0.2) is 22.7 Å². The maximum absolute atomic E-state index is 11.2. The summed E-state index contributed by atoms with van der Waals surface area (Å²) in [5.74, 6) is -0.0216. The fourth-order valence-corrected chi connectivity index (χ4v) is 5.02. The number of rotatable bonds is 3. The molecule has 0 saturated heterocycles. The summed E-state index contributed by atoms with van der Waals surface area (Å²) in [6, 6.07) is -0.838. The Bertz CT molecular complexity index is 368. The van der Waals surface area contributed by atoms with Crippen molar-refractivity contribution in [3.05, 3.63) is 4.91 Å². The van der Waals surface area contributed by atoms with Crippen molar-refractivity contribution in [2.45, 2.75) is 50.1 Å². The first-order chi connectivity index (χ1) is 7.99. The number of aliphatic carboxylic acids is 1. The highest BCUT2D eigenvalue weighted by molar-refractivity contribution is 5.74. The SMILES string of the molecule is N[C@H](C(=O)O)C12CC3CC(CC(N=O)(C3)C1)C2. The summed E-state index contributed by atoms with van der Waals surface area (Å²) in [7, 11) is 0. The van der Waals surface area contributed by atoms with Gasteiger partial charge >= 0.3 is 5.97 Å². The lowest BCUT2D eigenvalue weighted by Crippen LogP contribution is -2.62. The van der Waals surface area contributed by atoms with E-state index >= 15 is 0 Å². The van der Waals surface area contributed by atoms with Gasteiger partial charge in [0, 0.05) is 0 Å². The second-order valence-electron chi connectivity index (χ2n) is 6.45. The molecular formula is C12H18N2O3. The van der Waals surface area contributed by atoms with Crippen molar-refractivity contribution in [3.8, 4) is 0 Å². The number of hydrogen-bond donors (Lipinski definition) is 2. The van der Waals surface area contributed by atoms with Crippen LogP contribution in [0.4, 0.5) is 0 Å². The maximum atomic E-state index is 11.2. The van der Waals surface area contributed by atoms with E-state index in [1.165, 1.54) is 0 Å². The van der Waals surface area contributed by atoms with Gasteiger partial charge in [-0.3, -0.25) is 4.79 Å². The Morgan fingerprint density at radius 3 is 2.35 bits per heavy atom. The van der Waals surface area contributed by atoms with Crippen molar-refractivity contribution in [1.29, 1.82) is 0 Å². The average Bonchev–Trinajstić information content (AvgIpc) is 2.26. The van der Waals surface area contributed by atoms with Crippen LogP contribution in [0, 0.1) is 22.2 Å². The molecule has 5 nitrogen and oxygen atoms in total. The summed E-state index contributed by atoms with van der Waals surface area (Å²) in [4.78, 5) is 22.3. The van der Waals surface area contributed by atoms with Crippen LogP contribution in [-0.2, 0) is 4.79 Å². The third-order valence-electron chi connectivity index (χ3n) is 5.19. The molecule has 3 N–H and O–H groups in total. The van der Waals surface area contributed by atoms with Gasteiger partial charge in [0.1, 0.15) is 11.6 Å². The first-order valence-corrected chi connectivity index (χ1v) is 6.32. The molecule has 0 amide bonds. The molecule has 0 aliphatic heterocycles. The van der Waals surface area contributed by atoms with E-state index in [9.17, 15) is 9.70 Å². The smallest absolute Gasteiger partial charge is 0.321 e. The highest BCUT2D eigenvalue weighted by Crippen LogP contribution is 2.63. The Balaban J connectivity index is 1.97. The third-order valence-corrected chi connectivity index (χ3v) is 5.19. The lowest BCUT2D eigenvalue weighted by Gasteiger charge is -2.60. The van der Waals surface area contributed by atoms with E-state index in [1.807, 2.05) is 0 Å². The number of hydrogen-bond acceptors (Lipinski definition) is 4. The van der Waals surface area contributed by atoms with E-state index in [2.05, 4.69) is 5.18 Å². The van der Waals surface area contributed by atoms with E-state index in [4.69, 9.17) is 10.8 Å². The molecule has 4 fully saturated rings. The third kappa shape index (κ3) is 1.44. The Kier molecular flexibility index (Phi) is 2.15. The Labute approximate surface area is 99.7 Å². The molecule has 0 radical (unpaired) electrons. The summed E-state index contributed by atoms with van der Waals surface area (Å²) >= 11 is 0. The molecule has 5 heteroatoms. The number of carboxylic acids is 1. The maximum Gasteiger partial charge on any atom is 0.321 e. The second-order valence-corrected chi connectivity index (χ2v) is 6.45. The molecule has 4 bridgehead atoms. The molecular weight excluding hydrogens is 220 g/mol. The Morgan fingerprint density at radius 1 is 1.29 bits per heavy atom. The van der Waals surface area contributed by atoms with Crippen molar-refractivity contribution < 1.29 is 9.90 Å². The van der Waals surface area contributed by atoms with Gasteiger partial charge in [0.05, 0.1) is 0 Å². The van der Waals surface area contributed by atoms with Crippen LogP contribution in [0.15, 0.2) is 5.18 Å². The van der Waals surface area contributed by atoms with E-state index in [1.54, 1.807) is 0 Å². The molecule has 0 aromatic carbocycles. The lowest BCUT2D eigenvalue weighted by molar-refractivity contribution is -0.150. The molecule has 0 aromatic rings. The number of nitroso groups, excluding NO2 is 1. The molecule has 0 aromatic heterocycles. The summed E-state index contributed by atoms with van der Waals surface area (Å²) in [5.41, 5.74) is 5.01. The molecule has 4 rings (SSSR count).